The van der Waals surface area contributed by atoms with E-state index in [1.807, 2.05) is 24.5 Å². The maximum atomic E-state index is 12.3. The molecule has 2 aromatic rings. The molecule has 90 valence electrons. The minimum atomic E-state index is -0.0781. The van der Waals surface area contributed by atoms with Crippen LogP contribution in [0.25, 0.3) is 0 Å². The van der Waals surface area contributed by atoms with Crippen molar-refractivity contribution in [2.24, 2.45) is 0 Å². The van der Waals surface area contributed by atoms with E-state index in [4.69, 9.17) is 5.26 Å². The molecule has 1 aromatic carbocycles. The van der Waals surface area contributed by atoms with Crippen molar-refractivity contribution >= 4 is 5.78 Å². The molecule has 0 saturated heterocycles. The minimum absolute atomic E-state index is 0.0781. The predicted molar refractivity (Wildman–Crippen MR) is 67.2 cm³/mol. The molecule has 1 heterocycles. The molecule has 18 heavy (non-hydrogen) atoms. The second kappa shape index (κ2) is 4.84. The third kappa shape index (κ3) is 2.16. The van der Waals surface area contributed by atoms with E-state index in [9.17, 15) is 4.79 Å². The lowest BCUT2D eigenvalue weighted by Crippen LogP contribution is -2.11. The van der Waals surface area contributed by atoms with Crippen LogP contribution in [-0.2, 0) is 0 Å². The van der Waals surface area contributed by atoms with Gasteiger partial charge in [-0.15, -0.1) is 0 Å². The Balaban J connectivity index is 2.36. The summed E-state index contributed by atoms with van der Waals surface area (Å²) in [4.78, 5) is 16.3. The van der Waals surface area contributed by atoms with Gasteiger partial charge in [0.05, 0.1) is 24.2 Å². The van der Waals surface area contributed by atoms with E-state index in [2.05, 4.69) is 4.98 Å². The molecule has 0 spiro atoms. The van der Waals surface area contributed by atoms with Gasteiger partial charge in [0.1, 0.15) is 5.69 Å². The maximum absolute atomic E-state index is 12.3. The van der Waals surface area contributed by atoms with Crippen LogP contribution in [0.15, 0.2) is 36.8 Å². The number of nitriles is 1. The Morgan fingerprint density at radius 2 is 2.00 bits per heavy atom. The molecule has 2 rings (SSSR count). The lowest BCUT2D eigenvalue weighted by atomic mass is 10.1. The molecule has 0 aliphatic carbocycles. The topological polar surface area (TPSA) is 58.7 Å². The molecule has 0 bridgehead atoms. The third-order valence-corrected chi connectivity index (χ3v) is 2.73. The zero-order valence-electron chi connectivity index (χ0n) is 10.3. The van der Waals surface area contributed by atoms with E-state index in [0.29, 0.717) is 16.8 Å². The lowest BCUT2D eigenvalue weighted by Gasteiger charge is -2.10. The lowest BCUT2D eigenvalue weighted by molar-refractivity contribution is 0.102. The number of hydrogen-bond acceptors (Lipinski definition) is 3. The predicted octanol–water partition coefficient (Wildman–Crippen LogP) is 2.57. The van der Waals surface area contributed by atoms with Crippen LogP contribution in [-0.4, -0.2) is 15.3 Å². The zero-order valence-corrected chi connectivity index (χ0v) is 10.3. The molecular weight excluding hydrogens is 226 g/mol. The largest absolute Gasteiger partial charge is 0.325 e. The average Bonchev–Trinajstić information content (AvgIpc) is 2.87. The molecule has 1 aromatic heterocycles. The second-order valence-corrected chi connectivity index (χ2v) is 4.30. The van der Waals surface area contributed by atoms with Crippen molar-refractivity contribution in [3.8, 4) is 6.07 Å². The van der Waals surface area contributed by atoms with Crippen LogP contribution in [0.3, 0.4) is 0 Å². The van der Waals surface area contributed by atoms with Crippen molar-refractivity contribution in [3.05, 3.63) is 53.6 Å². The molecule has 0 saturated carbocycles. The number of hydrogen-bond donors (Lipinski definition) is 0. The Hall–Kier alpha value is -2.41. The number of imidazole rings is 1. The molecule has 0 radical (unpaired) electrons. The first-order valence-electron chi connectivity index (χ1n) is 5.70. The summed E-state index contributed by atoms with van der Waals surface area (Å²) in [6.07, 6.45) is 3.22. The van der Waals surface area contributed by atoms with E-state index in [1.165, 1.54) is 0 Å². The summed E-state index contributed by atoms with van der Waals surface area (Å²) in [5.41, 5.74) is 1.68. The van der Waals surface area contributed by atoms with Crippen molar-refractivity contribution in [3.63, 3.8) is 0 Å². The van der Waals surface area contributed by atoms with E-state index in [-0.39, 0.29) is 11.8 Å². The molecule has 0 N–H and O–H groups in total. The van der Waals surface area contributed by atoms with Gasteiger partial charge >= 0.3 is 0 Å². The monoisotopic (exact) mass is 239 g/mol. The third-order valence-electron chi connectivity index (χ3n) is 2.73. The van der Waals surface area contributed by atoms with Gasteiger partial charge in [-0.05, 0) is 38.1 Å². The first-order chi connectivity index (χ1) is 8.63. The number of carbonyl (C=O) groups excluding carboxylic acids is 1. The number of ketones is 1. The highest BCUT2D eigenvalue weighted by Gasteiger charge is 2.15. The van der Waals surface area contributed by atoms with Crippen molar-refractivity contribution in [1.82, 2.24) is 9.55 Å². The Morgan fingerprint density at radius 3 is 2.56 bits per heavy atom. The molecule has 0 unspecified atom stereocenters. The molecule has 0 amide bonds. The van der Waals surface area contributed by atoms with Crippen LogP contribution in [0.1, 0.15) is 41.5 Å². The number of rotatable bonds is 3. The maximum Gasteiger partial charge on any atom is 0.211 e. The first kappa shape index (κ1) is 12.1. The average molecular weight is 239 g/mol. The van der Waals surface area contributed by atoms with Crippen molar-refractivity contribution < 1.29 is 4.79 Å². The summed E-state index contributed by atoms with van der Waals surface area (Å²) in [5, 5.41) is 8.72. The standard InChI is InChI=1S/C14H13N3O/c1-10(2)17-9-16-8-13(17)14(18)12-5-3-11(7-15)4-6-12/h3-6,8-10H,1-2H3. The molecule has 4 heteroatoms. The van der Waals surface area contributed by atoms with Crippen LogP contribution in [0.5, 0.6) is 0 Å². The summed E-state index contributed by atoms with van der Waals surface area (Å²) in [6.45, 7) is 3.99. The van der Waals surface area contributed by atoms with Crippen molar-refractivity contribution in [2.75, 3.05) is 0 Å². The first-order valence-corrected chi connectivity index (χ1v) is 5.70. The Kier molecular flexibility index (Phi) is 3.24. The second-order valence-electron chi connectivity index (χ2n) is 4.30. The van der Waals surface area contributed by atoms with E-state index < -0.39 is 0 Å². The normalized spacial score (nSPS) is 10.3. The van der Waals surface area contributed by atoms with E-state index >= 15 is 0 Å². The van der Waals surface area contributed by atoms with Crippen LogP contribution in [0.2, 0.25) is 0 Å². The number of benzene rings is 1. The highest BCUT2D eigenvalue weighted by atomic mass is 16.1. The fourth-order valence-corrected chi connectivity index (χ4v) is 1.74. The van der Waals surface area contributed by atoms with Gasteiger partial charge in [0, 0.05) is 11.6 Å². The molecule has 0 aliphatic rings. The van der Waals surface area contributed by atoms with Crippen LogP contribution in [0, 0.1) is 11.3 Å². The van der Waals surface area contributed by atoms with Gasteiger partial charge < -0.3 is 4.57 Å². The fraction of sp³-hybridized carbons (Fsp3) is 0.214. The molecule has 4 nitrogen and oxygen atoms in total. The summed E-state index contributed by atoms with van der Waals surface area (Å²) >= 11 is 0. The van der Waals surface area contributed by atoms with Gasteiger partial charge in [-0.2, -0.15) is 5.26 Å². The summed E-state index contributed by atoms with van der Waals surface area (Å²) in [7, 11) is 0. The smallest absolute Gasteiger partial charge is 0.211 e. The fourth-order valence-electron chi connectivity index (χ4n) is 1.74. The van der Waals surface area contributed by atoms with E-state index in [1.54, 1.807) is 36.8 Å². The molecular formula is C14H13N3O. The quantitative estimate of drug-likeness (QED) is 0.773. The van der Waals surface area contributed by atoms with Gasteiger partial charge in [0.15, 0.2) is 0 Å². The van der Waals surface area contributed by atoms with Crippen molar-refractivity contribution in [1.29, 1.82) is 5.26 Å². The van der Waals surface area contributed by atoms with Crippen LogP contribution >= 0.6 is 0 Å². The van der Waals surface area contributed by atoms with Crippen LogP contribution < -0.4 is 0 Å². The summed E-state index contributed by atoms with van der Waals surface area (Å²) in [6, 6.07) is 8.83. The number of nitrogens with zero attached hydrogens (tertiary/aromatic N) is 3. The number of carbonyl (C=O) groups is 1. The van der Waals surface area contributed by atoms with Gasteiger partial charge in [-0.25, -0.2) is 4.98 Å². The van der Waals surface area contributed by atoms with Crippen LogP contribution in [0.4, 0.5) is 0 Å². The van der Waals surface area contributed by atoms with Gasteiger partial charge in [0.25, 0.3) is 0 Å². The summed E-state index contributed by atoms with van der Waals surface area (Å²) < 4.78 is 1.83. The number of aromatic nitrogens is 2. The van der Waals surface area contributed by atoms with Gasteiger partial charge in [0.2, 0.25) is 5.78 Å². The highest BCUT2D eigenvalue weighted by Crippen LogP contribution is 2.14. The SMILES string of the molecule is CC(C)n1cncc1C(=O)c1ccc(C#N)cc1. The Labute approximate surface area is 106 Å². The molecule has 0 atom stereocenters. The molecule has 0 aliphatic heterocycles. The van der Waals surface area contributed by atoms with Gasteiger partial charge in [-0.3, -0.25) is 4.79 Å². The highest BCUT2D eigenvalue weighted by molar-refractivity contribution is 6.07. The summed E-state index contributed by atoms with van der Waals surface area (Å²) in [5.74, 6) is -0.0781. The molecule has 0 fully saturated rings. The minimum Gasteiger partial charge on any atom is -0.325 e. The van der Waals surface area contributed by atoms with E-state index in [0.717, 1.165) is 0 Å². The zero-order chi connectivity index (χ0) is 13.1. The van der Waals surface area contributed by atoms with Crippen molar-refractivity contribution in [2.45, 2.75) is 19.9 Å². The Morgan fingerprint density at radius 1 is 1.33 bits per heavy atom. The Bertz CT molecular complexity index is 603. The van der Waals surface area contributed by atoms with Gasteiger partial charge in [-0.1, -0.05) is 0 Å².